The van der Waals surface area contributed by atoms with Gasteiger partial charge in [-0.1, -0.05) is 65.2 Å². The minimum atomic E-state index is -0.691. The number of carbonyl (C=O) groups is 4. The molecule has 27 heteroatoms. The molecule has 552 valence electrons. The monoisotopic (exact) mass is 1510 g/mol. The van der Waals surface area contributed by atoms with Gasteiger partial charge < -0.3 is 19.9 Å². The standard InChI is InChI=1S/C20H23FN2O2S.3C19H20F2N2O2S/c1-13-11-14(8-9-17(13)21)12-15(24)5-4-10-26-20-22-18-7-3-2-6-16(18)19(25)23-20;20-13-7-8-16(21)12(10-13)11-14(24)4-3-9-26-19-22-17-6-2-1-5-15(17)18(25)23-19;20-13-8-7-12(16(21)11-13)10-14(24)4-3-9-26-19-22-17-6-2-1-5-15(17)18(25)23-19;20-13-8-12(9-14(21)11-13)10-15(24)4-3-7-26-19-22-17-6-2-1-5-16(17)18(25)23-19/h8-9,11H,2-7,10,12H2,1H3,(H,22,23,25);7-8,10H,1-6,9,11H2,(H,22,23,25);7-8,11H,1-6,9-10H2,(H,22,23,25);8-9,11H,1-7,10H2,(H,22,23,25). The van der Waals surface area contributed by atoms with Gasteiger partial charge in [-0.2, -0.15) is 0 Å². The van der Waals surface area contributed by atoms with Crippen LogP contribution in [0, 0.1) is 47.6 Å². The van der Waals surface area contributed by atoms with Gasteiger partial charge in [0.25, 0.3) is 22.2 Å². The third kappa shape index (κ3) is 25.4. The maximum atomic E-state index is 13.6. The molecule has 0 bridgehead atoms. The van der Waals surface area contributed by atoms with Gasteiger partial charge in [-0.3, -0.25) is 38.4 Å². The first kappa shape index (κ1) is 80.1. The summed E-state index contributed by atoms with van der Waals surface area (Å²) in [7, 11) is 0. The normalized spacial score (nSPS) is 13.5. The largest absolute Gasteiger partial charge is 0.301 e. The predicted octanol–water partition coefficient (Wildman–Crippen LogP) is 14.6. The zero-order valence-electron chi connectivity index (χ0n) is 57.9. The van der Waals surface area contributed by atoms with Gasteiger partial charge in [0.2, 0.25) is 0 Å². The van der Waals surface area contributed by atoms with E-state index in [1.54, 1.807) is 19.1 Å². The van der Waals surface area contributed by atoms with E-state index in [0.29, 0.717) is 94.0 Å². The van der Waals surface area contributed by atoms with Crippen LogP contribution < -0.4 is 22.2 Å². The van der Waals surface area contributed by atoms with Crippen molar-refractivity contribution in [2.45, 2.75) is 207 Å². The fourth-order valence-corrected chi connectivity index (χ4v) is 15.7. The smallest absolute Gasteiger partial charge is 0.254 e. The molecule has 4 aromatic carbocycles. The van der Waals surface area contributed by atoms with Crippen molar-refractivity contribution in [1.29, 1.82) is 0 Å². The molecule has 0 saturated carbocycles. The van der Waals surface area contributed by atoms with Gasteiger partial charge in [-0.15, -0.1) is 0 Å². The van der Waals surface area contributed by atoms with E-state index < -0.39 is 34.9 Å². The van der Waals surface area contributed by atoms with Gasteiger partial charge in [0.05, 0.1) is 22.8 Å². The van der Waals surface area contributed by atoms with Crippen LogP contribution >= 0.6 is 47.0 Å². The van der Waals surface area contributed by atoms with Gasteiger partial charge >= 0.3 is 0 Å². The van der Waals surface area contributed by atoms with E-state index >= 15 is 0 Å². The molecule has 0 aliphatic heterocycles. The number of Topliss-reactive ketones (excluding diaryl/α,β-unsaturated/α-hetero) is 4. The van der Waals surface area contributed by atoms with Crippen molar-refractivity contribution in [3.05, 3.63) is 228 Å². The Balaban J connectivity index is 0.000000161. The number of aryl methyl sites for hydroxylation is 5. The summed E-state index contributed by atoms with van der Waals surface area (Å²) in [5.41, 5.74) is 8.73. The highest BCUT2D eigenvalue weighted by Gasteiger charge is 2.21. The molecule has 0 atom stereocenters. The van der Waals surface area contributed by atoms with Crippen molar-refractivity contribution < 1.29 is 49.9 Å². The van der Waals surface area contributed by atoms with Crippen molar-refractivity contribution in [3.63, 3.8) is 0 Å². The lowest BCUT2D eigenvalue weighted by molar-refractivity contribution is -0.119. The van der Waals surface area contributed by atoms with Crippen LogP contribution in [0.2, 0.25) is 0 Å². The molecule has 8 aromatic rings. The van der Waals surface area contributed by atoms with Gasteiger partial charge in [-0.25, -0.2) is 50.7 Å². The maximum absolute atomic E-state index is 13.6. The third-order valence-electron chi connectivity index (χ3n) is 17.8. The van der Waals surface area contributed by atoms with Crippen molar-refractivity contribution in [3.8, 4) is 0 Å². The number of carbonyl (C=O) groups excluding carboxylic acids is 4. The number of aromatic amines is 4. The first-order valence-electron chi connectivity index (χ1n) is 35.2. The molecule has 0 saturated heterocycles. The number of nitrogens with one attached hydrogen (secondary N) is 4. The highest BCUT2D eigenvalue weighted by atomic mass is 32.2. The van der Waals surface area contributed by atoms with Crippen LogP contribution in [0.1, 0.15) is 176 Å². The Morgan fingerprint density at radius 1 is 0.346 bits per heavy atom. The molecule has 4 N–H and O–H groups in total. The Morgan fingerprint density at radius 2 is 0.683 bits per heavy atom. The van der Waals surface area contributed by atoms with Crippen molar-refractivity contribution in [2.75, 3.05) is 23.0 Å². The predicted molar refractivity (Wildman–Crippen MR) is 391 cm³/mol. The van der Waals surface area contributed by atoms with Crippen LogP contribution in [-0.2, 0) is 96.2 Å². The summed E-state index contributed by atoms with van der Waals surface area (Å²) >= 11 is 5.74. The van der Waals surface area contributed by atoms with Gasteiger partial charge in [0.1, 0.15) is 63.9 Å². The molecule has 4 heterocycles. The number of fused-ring (bicyclic) bond motifs is 4. The Morgan fingerprint density at radius 3 is 1.07 bits per heavy atom. The first-order valence-corrected chi connectivity index (χ1v) is 39.2. The summed E-state index contributed by atoms with van der Waals surface area (Å²) in [4.78, 5) is 126. The molecular weight excluding hydrogens is 1430 g/mol. The number of rotatable bonds is 28. The van der Waals surface area contributed by atoms with Crippen LogP contribution in [0.3, 0.4) is 0 Å². The van der Waals surface area contributed by atoms with E-state index in [1.165, 1.54) is 71.3 Å². The number of halogens is 7. The molecule has 104 heavy (non-hydrogen) atoms. The number of hydrogen-bond acceptors (Lipinski definition) is 16. The average Bonchev–Trinajstić information content (AvgIpc) is 0.833. The molecule has 4 aliphatic carbocycles. The molecular formula is C77H83F7N8O8S4. The second-order valence-electron chi connectivity index (χ2n) is 26.0. The number of H-pyrrole nitrogens is 4. The van der Waals surface area contributed by atoms with Gasteiger partial charge in [0.15, 0.2) is 20.6 Å². The lowest BCUT2D eigenvalue weighted by Gasteiger charge is -2.14. The van der Waals surface area contributed by atoms with Crippen LogP contribution in [0.25, 0.3) is 0 Å². The fourth-order valence-electron chi connectivity index (χ4n) is 12.5. The van der Waals surface area contributed by atoms with E-state index in [9.17, 15) is 69.1 Å². The van der Waals surface area contributed by atoms with Crippen molar-refractivity contribution in [2.24, 2.45) is 0 Å². The Bertz CT molecular complexity index is 4590. The second kappa shape index (κ2) is 40.5. The first-order chi connectivity index (χ1) is 50.1. The van der Waals surface area contributed by atoms with E-state index in [-0.39, 0.29) is 88.0 Å². The second-order valence-corrected chi connectivity index (χ2v) is 30.4. The summed E-state index contributed by atoms with van der Waals surface area (Å²) in [6.07, 6.45) is 19.1. The zero-order valence-corrected chi connectivity index (χ0v) is 61.2. The Hall–Kier alpha value is -8.01. The topological polar surface area (TPSA) is 251 Å². The molecule has 0 unspecified atom stereocenters. The van der Waals surface area contributed by atoms with Crippen molar-refractivity contribution >= 4 is 70.2 Å². The van der Waals surface area contributed by atoms with Gasteiger partial charge in [-0.05, 0) is 206 Å². The van der Waals surface area contributed by atoms with Gasteiger partial charge in [0, 0.05) is 109 Å². The lowest BCUT2D eigenvalue weighted by Crippen LogP contribution is -2.21. The maximum Gasteiger partial charge on any atom is 0.254 e. The zero-order chi connectivity index (χ0) is 74.1. The molecule has 0 amide bonds. The molecule has 12 rings (SSSR count). The number of aromatic nitrogens is 8. The van der Waals surface area contributed by atoms with Crippen molar-refractivity contribution in [1.82, 2.24) is 39.9 Å². The Labute approximate surface area is 614 Å². The Kier molecular flexibility index (Phi) is 31.2. The average molecular weight is 1510 g/mol. The number of ketones is 4. The molecule has 0 radical (unpaired) electrons. The minimum absolute atomic E-state index is 0.0139. The highest BCUT2D eigenvalue weighted by molar-refractivity contribution is 7.99. The molecule has 0 fully saturated rings. The summed E-state index contributed by atoms with van der Waals surface area (Å²) < 4.78 is 92.6. The number of nitrogens with zero attached hydrogens (tertiary/aromatic N) is 4. The molecule has 0 spiro atoms. The van der Waals surface area contributed by atoms with E-state index in [1.807, 2.05) is 0 Å². The molecule has 4 aromatic heterocycles. The fraction of sp³-hybridized carbons (Fsp3) is 0.429. The number of hydrogen-bond donors (Lipinski definition) is 4. The SMILES string of the molecule is Cc1cc(CC(=O)CCCSc2nc3c(c(=O)[nH]2)CCCC3)ccc1F.O=C(CCCSc1nc2c(c(=O)[nH]1)CCCC2)Cc1cc(F)cc(F)c1.O=C(CCCSc1nc2c(c(=O)[nH]1)CCCC2)Cc1cc(F)ccc1F.O=C(CCCSc1nc2c(c(=O)[nH]1)CCCC2)Cc1ccc(F)cc1F. The molecule has 4 aliphatic rings. The highest BCUT2D eigenvalue weighted by Crippen LogP contribution is 2.26. The quantitative estimate of drug-likeness (QED) is 0.0154. The minimum Gasteiger partial charge on any atom is -0.301 e. The van der Waals surface area contributed by atoms with E-state index in [2.05, 4.69) is 39.9 Å². The van der Waals surface area contributed by atoms with Crippen LogP contribution in [0.15, 0.2) is 113 Å². The van der Waals surface area contributed by atoms with E-state index in [4.69, 9.17) is 0 Å². The lowest BCUT2D eigenvalue weighted by atomic mass is 9.97. The summed E-state index contributed by atoms with van der Waals surface area (Å²) in [6.45, 7) is 1.70. The van der Waals surface area contributed by atoms with Crippen LogP contribution in [0.4, 0.5) is 30.7 Å². The van der Waals surface area contributed by atoms with Crippen LogP contribution in [-0.4, -0.2) is 86.0 Å². The number of thioether (sulfide) groups is 4. The summed E-state index contributed by atoms with van der Waals surface area (Å²) in [5, 5.41) is 2.42. The molecule has 16 nitrogen and oxygen atoms in total. The van der Waals surface area contributed by atoms with Crippen LogP contribution in [0.5, 0.6) is 0 Å². The summed E-state index contributed by atoms with van der Waals surface area (Å²) in [5.74, 6) is -1.57. The number of benzene rings is 4. The van der Waals surface area contributed by atoms with E-state index in [0.717, 1.165) is 202 Å². The summed E-state index contributed by atoms with van der Waals surface area (Å²) in [6, 6.07) is 14.3. The third-order valence-corrected chi connectivity index (χ3v) is 21.6.